The number of carbonyl (C=O) groups excluding carboxylic acids is 2. The number of aromatic nitrogens is 2. The lowest BCUT2D eigenvalue weighted by atomic mass is 10.0. The number of halogens is 2. The molecule has 2 aromatic carbocycles. The third-order valence-corrected chi connectivity index (χ3v) is 5.09. The van der Waals surface area contributed by atoms with Crippen molar-refractivity contribution < 1.29 is 18.4 Å². The Morgan fingerprint density at radius 2 is 1.86 bits per heavy atom. The van der Waals surface area contributed by atoms with Crippen LogP contribution in [0.3, 0.4) is 0 Å². The summed E-state index contributed by atoms with van der Waals surface area (Å²) in [6.45, 7) is 1.38. The van der Waals surface area contributed by atoms with E-state index < -0.39 is 17.1 Å². The van der Waals surface area contributed by atoms with Crippen LogP contribution < -0.4 is 5.32 Å². The molecule has 2 N–H and O–H groups in total. The highest BCUT2D eigenvalue weighted by Gasteiger charge is 2.54. The molecule has 5 nitrogen and oxygen atoms in total. The van der Waals surface area contributed by atoms with Crippen molar-refractivity contribution in [3.63, 3.8) is 0 Å². The molecule has 1 saturated carbocycles. The summed E-state index contributed by atoms with van der Waals surface area (Å²) < 4.78 is 27.4. The number of carbonyl (C=O) groups is 2. The van der Waals surface area contributed by atoms with Crippen LogP contribution in [-0.2, 0) is 9.59 Å². The van der Waals surface area contributed by atoms with E-state index in [1.54, 1.807) is 24.3 Å². The van der Waals surface area contributed by atoms with Gasteiger partial charge in [0.05, 0.1) is 16.9 Å². The first-order chi connectivity index (χ1) is 13.4. The lowest BCUT2D eigenvalue weighted by Crippen LogP contribution is -2.30. The molecule has 1 aliphatic rings. The van der Waals surface area contributed by atoms with Gasteiger partial charge >= 0.3 is 0 Å². The number of aromatic amines is 1. The van der Waals surface area contributed by atoms with E-state index >= 15 is 0 Å². The Kier molecular flexibility index (Phi) is 4.30. The van der Waals surface area contributed by atoms with Gasteiger partial charge in [-0.3, -0.25) is 14.7 Å². The highest BCUT2D eigenvalue weighted by molar-refractivity contribution is 6.13. The SMILES string of the molecule is CC(=O)C1(C(=O)Nc2cc3c(/C=C/c4ccc(F)cc4)n[nH]c3cc2F)CC1. The average molecular weight is 381 g/mol. The van der Waals surface area contributed by atoms with Crippen molar-refractivity contribution in [2.45, 2.75) is 19.8 Å². The van der Waals surface area contributed by atoms with Gasteiger partial charge in [0, 0.05) is 11.5 Å². The molecule has 0 aliphatic heterocycles. The van der Waals surface area contributed by atoms with Crippen LogP contribution in [0.15, 0.2) is 36.4 Å². The number of rotatable bonds is 5. The Balaban J connectivity index is 1.63. The first kappa shape index (κ1) is 18.0. The number of amides is 1. The minimum Gasteiger partial charge on any atom is -0.323 e. The maximum atomic E-state index is 14.4. The molecule has 1 aliphatic carbocycles. The molecule has 142 valence electrons. The van der Waals surface area contributed by atoms with Gasteiger partial charge in [-0.15, -0.1) is 0 Å². The summed E-state index contributed by atoms with van der Waals surface area (Å²) in [6.07, 6.45) is 4.43. The van der Waals surface area contributed by atoms with E-state index in [9.17, 15) is 18.4 Å². The number of hydrogen-bond donors (Lipinski definition) is 2. The Morgan fingerprint density at radius 1 is 1.14 bits per heavy atom. The van der Waals surface area contributed by atoms with Crippen molar-refractivity contribution in [3.05, 3.63) is 59.3 Å². The van der Waals surface area contributed by atoms with Crippen LogP contribution >= 0.6 is 0 Å². The van der Waals surface area contributed by atoms with Crippen LogP contribution in [0, 0.1) is 17.0 Å². The smallest absolute Gasteiger partial charge is 0.238 e. The second kappa shape index (κ2) is 6.67. The predicted molar refractivity (Wildman–Crippen MR) is 102 cm³/mol. The monoisotopic (exact) mass is 381 g/mol. The highest BCUT2D eigenvalue weighted by atomic mass is 19.1. The summed E-state index contributed by atoms with van der Waals surface area (Å²) in [5.41, 5.74) is 0.779. The lowest BCUT2D eigenvalue weighted by molar-refractivity contribution is -0.131. The molecule has 1 heterocycles. The molecule has 1 fully saturated rings. The summed E-state index contributed by atoms with van der Waals surface area (Å²) in [4.78, 5) is 24.1. The van der Waals surface area contributed by atoms with E-state index in [2.05, 4.69) is 15.5 Å². The van der Waals surface area contributed by atoms with Crippen LogP contribution in [-0.4, -0.2) is 21.9 Å². The summed E-state index contributed by atoms with van der Waals surface area (Å²) in [5.74, 6) is -1.63. The quantitative estimate of drug-likeness (QED) is 0.647. The minimum atomic E-state index is -1.02. The van der Waals surface area contributed by atoms with Gasteiger partial charge < -0.3 is 5.32 Å². The number of hydrogen-bond acceptors (Lipinski definition) is 3. The lowest BCUT2D eigenvalue weighted by Gasteiger charge is -2.12. The Morgan fingerprint density at radius 3 is 2.50 bits per heavy atom. The highest BCUT2D eigenvalue weighted by Crippen LogP contribution is 2.47. The fourth-order valence-corrected chi connectivity index (χ4v) is 3.14. The molecule has 0 radical (unpaired) electrons. The number of benzene rings is 2. The average Bonchev–Trinajstić information content (AvgIpc) is 3.40. The van der Waals surface area contributed by atoms with Gasteiger partial charge in [0.15, 0.2) is 0 Å². The van der Waals surface area contributed by atoms with Crippen LogP contribution in [0.25, 0.3) is 23.1 Å². The predicted octanol–water partition coefficient (Wildman–Crippen LogP) is 4.32. The van der Waals surface area contributed by atoms with Crippen molar-refractivity contribution >= 4 is 40.4 Å². The third kappa shape index (κ3) is 3.19. The topological polar surface area (TPSA) is 74.8 Å². The molecule has 1 aromatic heterocycles. The molecule has 28 heavy (non-hydrogen) atoms. The van der Waals surface area contributed by atoms with Crippen molar-refractivity contribution in [1.29, 1.82) is 0 Å². The number of ketones is 1. The zero-order chi connectivity index (χ0) is 19.9. The third-order valence-electron chi connectivity index (χ3n) is 5.09. The van der Waals surface area contributed by atoms with Crippen molar-refractivity contribution in [2.24, 2.45) is 5.41 Å². The van der Waals surface area contributed by atoms with Crippen LogP contribution in [0.4, 0.5) is 14.5 Å². The Hall–Kier alpha value is -3.35. The Labute approximate surface area is 159 Å². The molecule has 0 atom stereocenters. The van der Waals surface area contributed by atoms with Crippen molar-refractivity contribution in [3.8, 4) is 0 Å². The number of H-pyrrole nitrogens is 1. The zero-order valence-corrected chi connectivity index (χ0v) is 15.1. The van der Waals surface area contributed by atoms with E-state index in [0.717, 1.165) is 5.56 Å². The molecule has 7 heteroatoms. The van der Waals surface area contributed by atoms with Crippen molar-refractivity contribution in [1.82, 2.24) is 10.2 Å². The van der Waals surface area contributed by atoms with Crippen LogP contribution in [0.2, 0.25) is 0 Å². The molecule has 0 saturated heterocycles. The van der Waals surface area contributed by atoms with E-state index in [0.29, 0.717) is 29.4 Å². The van der Waals surface area contributed by atoms with Gasteiger partial charge in [-0.05, 0) is 49.6 Å². The number of anilines is 1. The Bertz CT molecular complexity index is 1110. The van der Waals surface area contributed by atoms with Gasteiger partial charge in [0.1, 0.15) is 22.8 Å². The van der Waals surface area contributed by atoms with E-state index in [1.807, 2.05) is 0 Å². The molecular formula is C21H17F2N3O2. The summed E-state index contributed by atoms with van der Waals surface area (Å²) in [7, 11) is 0. The van der Waals surface area contributed by atoms with E-state index in [-0.39, 0.29) is 17.3 Å². The maximum Gasteiger partial charge on any atom is 0.238 e. The second-order valence-electron chi connectivity index (χ2n) is 6.96. The number of nitrogens with zero attached hydrogens (tertiary/aromatic N) is 1. The van der Waals surface area contributed by atoms with E-state index in [4.69, 9.17) is 0 Å². The number of Topliss-reactive ketones (excluding diaryl/α,β-unsaturated/α-hetero) is 1. The largest absolute Gasteiger partial charge is 0.323 e. The number of fused-ring (bicyclic) bond motifs is 1. The normalized spacial score (nSPS) is 15.1. The zero-order valence-electron chi connectivity index (χ0n) is 15.1. The van der Waals surface area contributed by atoms with Gasteiger partial charge in [0.25, 0.3) is 0 Å². The second-order valence-corrected chi connectivity index (χ2v) is 6.96. The van der Waals surface area contributed by atoms with Gasteiger partial charge in [-0.25, -0.2) is 8.78 Å². The summed E-state index contributed by atoms with van der Waals surface area (Å²) >= 11 is 0. The maximum absolute atomic E-state index is 14.4. The molecule has 0 unspecified atom stereocenters. The molecule has 0 bridgehead atoms. The first-order valence-corrected chi connectivity index (χ1v) is 8.83. The standard InChI is InChI=1S/C21H17F2N3O2/c1-12(27)21(8-9-21)20(28)24-19-10-15-17(25-26-18(15)11-16(19)23)7-4-13-2-5-14(22)6-3-13/h2-7,10-11H,8-9H2,1H3,(H,24,28)(H,25,26)/b7-4+. The minimum absolute atomic E-state index is 0.00265. The summed E-state index contributed by atoms with van der Waals surface area (Å²) in [5, 5.41) is 10.1. The van der Waals surface area contributed by atoms with Crippen LogP contribution in [0.5, 0.6) is 0 Å². The number of nitrogens with one attached hydrogen (secondary N) is 2. The molecule has 4 rings (SSSR count). The van der Waals surface area contributed by atoms with E-state index in [1.165, 1.54) is 31.2 Å². The molecule has 3 aromatic rings. The van der Waals surface area contributed by atoms with Gasteiger partial charge in [0.2, 0.25) is 5.91 Å². The molecule has 1 amide bonds. The fraction of sp³-hybridized carbons (Fsp3) is 0.190. The van der Waals surface area contributed by atoms with Crippen LogP contribution in [0.1, 0.15) is 31.0 Å². The van der Waals surface area contributed by atoms with Gasteiger partial charge in [-0.2, -0.15) is 5.10 Å². The van der Waals surface area contributed by atoms with Crippen molar-refractivity contribution in [2.75, 3.05) is 5.32 Å². The van der Waals surface area contributed by atoms with Gasteiger partial charge in [-0.1, -0.05) is 18.2 Å². The fourth-order valence-electron chi connectivity index (χ4n) is 3.14. The molecular weight excluding hydrogens is 364 g/mol. The molecule has 0 spiro atoms. The first-order valence-electron chi connectivity index (χ1n) is 8.83. The summed E-state index contributed by atoms with van der Waals surface area (Å²) in [6, 6.07) is 8.71.